The molecule has 0 amide bonds. The second-order valence-corrected chi connectivity index (χ2v) is 10.3. The Kier molecular flexibility index (Phi) is 5.73. The first-order valence-corrected chi connectivity index (χ1v) is 14.3. The molecule has 0 aliphatic carbocycles. The number of hydrogen-bond donors (Lipinski definition) is 0. The number of rotatable bonds is 8. The molecular weight excluding hydrogens is 576 g/mol. The maximum absolute atomic E-state index is 6.09. The minimum absolute atomic E-state index is 0.547. The fraction of sp³-hybridized carbons (Fsp3) is 0.0556. The molecular formula is C36H22O9. The van der Waals surface area contributed by atoms with Gasteiger partial charge in [-0.05, 0) is 103 Å². The normalized spacial score (nSPS) is 13.0. The van der Waals surface area contributed by atoms with E-state index in [9.17, 15) is 0 Å². The predicted molar refractivity (Wildman–Crippen MR) is 161 cm³/mol. The Bertz CT molecular complexity index is 2260. The first-order valence-electron chi connectivity index (χ1n) is 14.3. The SMILES string of the molecule is C1=C(c2ccc(-c3ccc(-c4ccc(-c5ccc(-c6ccc(-c7ccc(-c8ccc(-c9ccco9)o8)o7)o6)o5)o4)o3)o2)OCC1. The second-order valence-electron chi connectivity index (χ2n) is 10.3. The minimum atomic E-state index is 0.547. The largest absolute Gasteiger partial charge is 0.490 e. The molecule has 8 aromatic rings. The van der Waals surface area contributed by atoms with Crippen molar-refractivity contribution in [2.75, 3.05) is 6.61 Å². The van der Waals surface area contributed by atoms with Crippen LogP contribution in [0, 0.1) is 0 Å². The zero-order valence-electron chi connectivity index (χ0n) is 23.5. The molecule has 0 saturated carbocycles. The van der Waals surface area contributed by atoms with E-state index in [1.807, 2.05) is 103 Å². The van der Waals surface area contributed by atoms with Crippen molar-refractivity contribution in [1.82, 2.24) is 0 Å². The molecule has 0 atom stereocenters. The topological polar surface area (TPSA) is 114 Å². The molecule has 0 unspecified atom stereocenters. The summed E-state index contributed by atoms with van der Waals surface area (Å²) in [6.45, 7) is 0.671. The van der Waals surface area contributed by atoms with Crippen LogP contribution in [0.25, 0.3) is 86.4 Å². The lowest BCUT2D eigenvalue weighted by atomic mass is 10.3. The van der Waals surface area contributed by atoms with Gasteiger partial charge in [-0.2, -0.15) is 0 Å². The Morgan fingerprint density at radius 3 is 0.933 bits per heavy atom. The summed E-state index contributed by atoms with van der Waals surface area (Å²) in [6, 6.07) is 29.4. The number of hydrogen-bond acceptors (Lipinski definition) is 9. The summed E-state index contributed by atoms with van der Waals surface area (Å²) >= 11 is 0. The zero-order valence-corrected chi connectivity index (χ0v) is 23.5. The second kappa shape index (κ2) is 10.2. The molecule has 9 nitrogen and oxygen atoms in total. The van der Waals surface area contributed by atoms with Gasteiger partial charge in [0.2, 0.25) is 0 Å². The van der Waals surface area contributed by atoms with Crippen LogP contribution in [0.1, 0.15) is 12.2 Å². The maximum atomic E-state index is 6.09. The highest BCUT2D eigenvalue weighted by Crippen LogP contribution is 2.38. The van der Waals surface area contributed by atoms with Gasteiger partial charge in [-0.25, -0.2) is 0 Å². The van der Waals surface area contributed by atoms with E-state index in [0.29, 0.717) is 93.0 Å². The summed E-state index contributed by atoms with van der Waals surface area (Å²) in [4.78, 5) is 0. The highest BCUT2D eigenvalue weighted by Gasteiger charge is 2.20. The van der Waals surface area contributed by atoms with Crippen LogP contribution in [0.4, 0.5) is 0 Å². The summed E-state index contributed by atoms with van der Waals surface area (Å²) in [5, 5.41) is 0. The lowest BCUT2D eigenvalue weighted by Crippen LogP contribution is -1.82. The van der Waals surface area contributed by atoms with Gasteiger partial charge in [0.05, 0.1) is 12.9 Å². The molecule has 0 radical (unpaired) electrons. The molecule has 0 bridgehead atoms. The average molecular weight is 599 g/mol. The van der Waals surface area contributed by atoms with Gasteiger partial charge in [0.15, 0.2) is 92.2 Å². The molecule has 0 fully saturated rings. The van der Waals surface area contributed by atoms with Gasteiger partial charge in [0.25, 0.3) is 0 Å². The molecule has 0 aromatic carbocycles. The Morgan fingerprint density at radius 2 is 0.644 bits per heavy atom. The lowest BCUT2D eigenvalue weighted by molar-refractivity contribution is 0.297. The zero-order chi connectivity index (χ0) is 29.7. The van der Waals surface area contributed by atoms with Crippen LogP contribution in [0.15, 0.2) is 145 Å². The molecule has 8 aromatic heterocycles. The maximum Gasteiger partial charge on any atom is 0.170 e. The van der Waals surface area contributed by atoms with Crippen molar-refractivity contribution in [3.8, 4) is 80.6 Å². The van der Waals surface area contributed by atoms with Gasteiger partial charge in [-0.15, -0.1) is 0 Å². The van der Waals surface area contributed by atoms with Crippen LogP contribution >= 0.6 is 0 Å². The monoisotopic (exact) mass is 598 g/mol. The van der Waals surface area contributed by atoms with Gasteiger partial charge >= 0.3 is 0 Å². The summed E-state index contributed by atoms with van der Waals surface area (Å²) in [7, 11) is 0. The van der Waals surface area contributed by atoms with Crippen LogP contribution in [-0.4, -0.2) is 6.61 Å². The van der Waals surface area contributed by atoms with E-state index in [0.717, 1.165) is 12.2 Å². The highest BCUT2D eigenvalue weighted by atomic mass is 16.5. The average Bonchev–Trinajstić information content (AvgIpc) is 3.94. The van der Waals surface area contributed by atoms with E-state index in [1.165, 1.54) is 0 Å². The molecule has 9 heteroatoms. The van der Waals surface area contributed by atoms with Gasteiger partial charge in [-0.3, -0.25) is 0 Å². The van der Waals surface area contributed by atoms with Crippen molar-refractivity contribution in [2.45, 2.75) is 6.42 Å². The summed E-state index contributed by atoms with van der Waals surface area (Å²) < 4.78 is 53.1. The lowest BCUT2D eigenvalue weighted by Gasteiger charge is -1.98. The van der Waals surface area contributed by atoms with Crippen LogP contribution in [0.5, 0.6) is 0 Å². The molecule has 1 aliphatic rings. The summed E-state index contributed by atoms with van der Waals surface area (Å²) in [5.41, 5.74) is 0. The fourth-order valence-electron chi connectivity index (χ4n) is 5.23. The van der Waals surface area contributed by atoms with Gasteiger partial charge < -0.3 is 40.1 Å². The minimum Gasteiger partial charge on any atom is -0.490 e. The third-order valence-electron chi connectivity index (χ3n) is 7.41. The molecule has 220 valence electrons. The van der Waals surface area contributed by atoms with Crippen LogP contribution in [0.2, 0.25) is 0 Å². The first-order chi connectivity index (χ1) is 22.2. The molecule has 1 aliphatic heterocycles. The predicted octanol–water partition coefficient (Wildman–Crippen LogP) is 10.9. The van der Waals surface area contributed by atoms with Crippen molar-refractivity contribution in [1.29, 1.82) is 0 Å². The number of ether oxygens (including phenoxy) is 1. The third kappa shape index (κ3) is 4.58. The van der Waals surface area contributed by atoms with Gasteiger partial charge in [-0.1, -0.05) is 0 Å². The summed E-state index contributed by atoms with van der Waals surface area (Å²) in [6.07, 6.45) is 4.50. The standard InChI is InChI=1S/C36H22O9/c1-3-21(37-19-1)23-5-7-25(39-23)27-9-11-29(41-27)31-13-15-33(43-31)35-17-18-36(45-35)34-16-14-32(44-34)30-12-10-28(42-30)26-8-6-24(40-26)22-4-2-20-38-22/h1,3-19H,2,20H2. The van der Waals surface area contributed by atoms with Crippen molar-refractivity contribution >= 4 is 5.76 Å². The molecule has 0 N–H and O–H groups in total. The van der Waals surface area contributed by atoms with E-state index in [2.05, 4.69) is 0 Å². The van der Waals surface area contributed by atoms with Crippen LogP contribution in [-0.2, 0) is 4.74 Å². The smallest absolute Gasteiger partial charge is 0.170 e. The molecule has 45 heavy (non-hydrogen) atoms. The molecule has 0 spiro atoms. The Labute approximate surface area is 254 Å². The molecule has 0 saturated heterocycles. The first kappa shape index (κ1) is 25.3. The van der Waals surface area contributed by atoms with Gasteiger partial charge in [0, 0.05) is 6.42 Å². The van der Waals surface area contributed by atoms with Crippen molar-refractivity contribution in [3.63, 3.8) is 0 Å². The Morgan fingerprint density at radius 1 is 0.333 bits per heavy atom. The van der Waals surface area contributed by atoms with E-state index in [1.54, 1.807) is 6.26 Å². The molecule has 9 rings (SSSR count). The van der Waals surface area contributed by atoms with Crippen LogP contribution in [0.3, 0.4) is 0 Å². The fourth-order valence-corrected chi connectivity index (χ4v) is 5.23. The number of furan rings is 8. The Hall–Kier alpha value is -6.22. The Balaban J connectivity index is 0.904. The van der Waals surface area contributed by atoms with E-state index in [-0.39, 0.29) is 0 Å². The third-order valence-corrected chi connectivity index (χ3v) is 7.41. The summed E-state index contributed by atoms with van der Waals surface area (Å²) in [5.74, 6) is 9.50. The van der Waals surface area contributed by atoms with Gasteiger partial charge in [0.1, 0.15) is 0 Å². The molecule has 9 heterocycles. The van der Waals surface area contributed by atoms with Crippen LogP contribution < -0.4 is 0 Å². The van der Waals surface area contributed by atoms with E-state index >= 15 is 0 Å². The van der Waals surface area contributed by atoms with Crippen molar-refractivity contribution < 1.29 is 40.1 Å². The quantitative estimate of drug-likeness (QED) is 0.168. The van der Waals surface area contributed by atoms with Crippen molar-refractivity contribution in [3.05, 3.63) is 115 Å². The highest BCUT2D eigenvalue weighted by molar-refractivity contribution is 5.67. The van der Waals surface area contributed by atoms with E-state index < -0.39 is 0 Å². The van der Waals surface area contributed by atoms with E-state index in [4.69, 9.17) is 40.1 Å². The van der Waals surface area contributed by atoms with Crippen molar-refractivity contribution in [2.24, 2.45) is 0 Å².